The van der Waals surface area contributed by atoms with Gasteiger partial charge in [-0.25, -0.2) is 0 Å². The standard InChI is InChI=1S/C23H27ClO6/c1-2-29-16-5-3-13(4-6-16)9-15-10-17-14(11-18(15)24)7-8-23(17)22(28)21(27)20(26)19(12-25)30-23/h3-6,10-11,19-22,25-28H,2,7-9,12H2,1H3/p+1/t19-,20-,21+,22-,23+/m1/s1. The van der Waals surface area contributed by atoms with Gasteiger partial charge in [-0.1, -0.05) is 23.7 Å². The maximum atomic E-state index is 10.9. The Hall–Kier alpha value is -1.67. The molecule has 30 heavy (non-hydrogen) atoms. The van der Waals surface area contributed by atoms with E-state index in [2.05, 4.69) is 4.74 Å². The van der Waals surface area contributed by atoms with Crippen molar-refractivity contribution in [1.82, 2.24) is 0 Å². The second-order valence-electron chi connectivity index (χ2n) is 8.08. The highest BCUT2D eigenvalue weighted by Gasteiger charge is 2.61. The SMILES string of the molecule is CCOc1ccc(Cc2cc3c(cc2Cl)CC[C@]32[OH+][C@H](CO)[C@@H](O)[C@H](O)[C@H]2O)cc1. The zero-order valence-corrected chi connectivity index (χ0v) is 17.6. The van der Waals surface area contributed by atoms with Gasteiger partial charge in [-0.3, -0.25) is 0 Å². The topological polar surface area (TPSA) is 103 Å². The van der Waals surface area contributed by atoms with Crippen LogP contribution in [0.4, 0.5) is 0 Å². The number of aliphatic hydroxyl groups is 6. The van der Waals surface area contributed by atoms with Crippen LogP contribution >= 0.6 is 11.6 Å². The molecule has 0 unspecified atom stereocenters. The minimum atomic E-state index is -1.38. The summed E-state index contributed by atoms with van der Waals surface area (Å²) in [7, 11) is 0. The Labute approximate surface area is 180 Å². The summed E-state index contributed by atoms with van der Waals surface area (Å²) in [4.78, 5) is 0. The molecule has 1 aliphatic carbocycles. The van der Waals surface area contributed by atoms with Crippen molar-refractivity contribution in [2.45, 2.75) is 56.2 Å². The summed E-state index contributed by atoms with van der Waals surface area (Å²) in [5.41, 5.74) is 2.68. The lowest BCUT2D eigenvalue weighted by molar-refractivity contribution is -0.356. The molecule has 6 nitrogen and oxygen atoms in total. The Morgan fingerprint density at radius 2 is 1.87 bits per heavy atom. The highest BCUT2D eigenvalue weighted by molar-refractivity contribution is 6.31. The van der Waals surface area contributed by atoms with Crippen LogP contribution in [0.15, 0.2) is 36.4 Å². The van der Waals surface area contributed by atoms with Gasteiger partial charge in [0.15, 0.2) is 12.2 Å². The van der Waals surface area contributed by atoms with Gasteiger partial charge in [0.1, 0.15) is 18.5 Å². The Kier molecular flexibility index (Phi) is 6.08. The average Bonchev–Trinajstić information content (AvgIpc) is 3.09. The molecule has 1 saturated heterocycles. The largest absolute Gasteiger partial charge is 0.494 e. The molecule has 5 N–H and O–H groups in total. The van der Waals surface area contributed by atoms with Crippen LogP contribution < -0.4 is 4.74 Å². The van der Waals surface area contributed by atoms with Gasteiger partial charge < -0.3 is 29.9 Å². The molecular formula is C23H28ClO6+. The predicted molar refractivity (Wildman–Crippen MR) is 113 cm³/mol. The van der Waals surface area contributed by atoms with Crippen LogP contribution in [0.25, 0.3) is 0 Å². The molecule has 0 radical (unpaired) electrons. The van der Waals surface area contributed by atoms with Crippen molar-refractivity contribution in [3.8, 4) is 5.75 Å². The Morgan fingerprint density at radius 1 is 1.13 bits per heavy atom. The van der Waals surface area contributed by atoms with Crippen molar-refractivity contribution in [2.75, 3.05) is 13.2 Å². The van der Waals surface area contributed by atoms with Gasteiger partial charge >= 0.3 is 0 Å². The van der Waals surface area contributed by atoms with Crippen LogP contribution in [0.5, 0.6) is 5.75 Å². The van der Waals surface area contributed by atoms with Gasteiger partial charge in [0.25, 0.3) is 0 Å². The van der Waals surface area contributed by atoms with Crippen LogP contribution in [-0.4, -0.2) is 62.8 Å². The Morgan fingerprint density at radius 3 is 2.53 bits per heavy atom. The van der Waals surface area contributed by atoms with E-state index in [-0.39, 0.29) is 0 Å². The number of benzene rings is 2. The molecule has 1 aliphatic heterocycles. The van der Waals surface area contributed by atoms with Crippen LogP contribution in [0.1, 0.15) is 35.6 Å². The van der Waals surface area contributed by atoms with E-state index < -0.39 is 36.6 Å². The average molecular weight is 436 g/mol. The Bertz CT molecular complexity index is 899. The molecule has 2 aliphatic rings. The van der Waals surface area contributed by atoms with Crippen molar-refractivity contribution in [2.24, 2.45) is 0 Å². The fourth-order valence-corrected chi connectivity index (χ4v) is 4.94. The lowest BCUT2D eigenvalue weighted by Crippen LogP contribution is -2.64. The van der Waals surface area contributed by atoms with E-state index >= 15 is 0 Å². The molecule has 0 saturated carbocycles. The van der Waals surface area contributed by atoms with E-state index in [1.165, 1.54) is 0 Å². The quantitative estimate of drug-likeness (QED) is 0.532. The van der Waals surface area contributed by atoms with Crippen molar-refractivity contribution >= 4 is 11.6 Å². The summed E-state index contributed by atoms with van der Waals surface area (Å²) in [6.07, 6.45) is -3.03. The maximum Gasteiger partial charge on any atom is 0.220 e. The van der Waals surface area contributed by atoms with Crippen molar-refractivity contribution < 1.29 is 29.9 Å². The predicted octanol–water partition coefficient (Wildman–Crippen LogP) is 1.46. The third-order valence-electron chi connectivity index (χ3n) is 6.28. The lowest BCUT2D eigenvalue weighted by Gasteiger charge is -2.43. The second kappa shape index (κ2) is 8.46. The molecule has 1 spiro atoms. The molecule has 0 bridgehead atoms. The summed E-state index contributed by atoms with van der Waals surface area (Å²) < 4.78 is 10.1. The number of fused-ring (bicyclic) bond motifs is 2. The van der Waals surface area contributed by atoms with E-state index in [1.54, 1.807) is 0 Å². The fraction of sp³-hybridized carbons (Fsp3) is 0.478. The van der Waals surface area contributed by atoms with Gasteiger partial charge in [-0.05, 0) is 60.7 Å². The zero-order chi connectivity index (χ0) is 21.5. The van der Waals surface area contributed by atoms with E-state index in [4.69, 9.17) is 16.3 Å². The first-order valence-corrected chi connectivity index (χ1v) is 10.7. The molecule has 4 rings (SSSR count). The third kappa shape index (κ3) is 3.62. The number of hydrogen-bond acceptors (Lipinski definition) is 5. The third-order valence-corrected chi connectivity index (χ3v) is 6.64. The summed E-state index contributed by atoms with van der Waals surface area (Å²) in [5.74, 6) is 0.812. The normalized spacial score (nSPS) is 30.5. The highest BCUT2D eigenvalue weighted by Crippen LogP contribution is 2.47. The molecule has 7 heteroatoms. The summed E-state index contributed by atoms with van der Waals surface area (Å²) in [5, 5.41) is 41.7. The molecule has 162 valence electrons. The Balaban J connectivity index is 1.67. The zero-order valence-electron chi connectivity index (χ0n) is 16.8. The van der Waals surface area contributed by atoms with E-state index in [0.717, 1.165) is 28.0 Å². The first-order valence-electron chi connectivity index (χ1n) is 10.3. The molecule has 2 aromatic rings. The molecule has 1 heterocycles. The molecule has 2 aromatic carbocycles. The molecule has 1 fully saturated rings. The maximum absolute atomic E-state index is 10.9. The first-order chi connectivity index (χ1) is 14.4. The lowest BCUT2D eigenvalue weighted by atomic mass is 9.80. The highest BCUT2D eigenvalue weighted by atomic mass is 35.5. The minimum absolute atomic E-state index is 0.394. The number of aliphatic hydroxyl groups excluding tert-OH is 4. The van der Waals surface area contributed by atoms with Crippen LogP contribution in [0, 0.1) is 0 Å². The van der Waals surface area contributed by atoms with Gasteiger partial charge in [0.05, 0.1) is 6.61 Å². The summed E-state index contributed by atoms with van der Waals surface area (Å²) in [6.45, 7) is 2.16. The number of aryl methyl sites for hydroxylation is 1. The monoisotopic (exact) mass is 435 g/mol. The smallest absolute Gasteiger partial charge is 0.220 e. The second-order valence-corrected chi connectivity index (χ2v) is 8.49. The van der Waals surface area contributed by atoms with Gasteiger partial charge in [-0.2, -0.15) is 0 Å². The van der Waals surface area contributed by atoms with E-state index in [1.807, 2.05) is 43.3 Å². The van der Waals surface area contributed by atoms with Gasteiger partial charge in [-0.15, -0.1) is 0 Å². The van der Waals surface area contributed by atoms with E-state index in [9.17, 15) is 20.4 Å². The van der Waals surface area contributed by atoms with Crippen LogP contribution in [-0.2, 0) is 18.4 Å². The fourth-order valence-electron chi connectivity index (χ4n) is 4.69. The van der Waals surface area contributed by atoms with Crippen molar-refractivity contribution in [3.05, 3.63) is 63.7 Å². The first kappa shape index (κ1) is 21.6. The van der Waals surface area contributed by atoms with Gasteiger partial charge in [0, 0.05) is 17.0 Å². The molecule has 0 amide bonds. The number of halogens is 1. The summed E-state index contributed by atoms with van der Waals surface area (Å²) in [6, 6.07) is 11.7. The molecule has 0 aromatic heterocycles. The van der Waals surface area contributed by atoms with Crippen molar-refractivity contribution in [3.63, 3.8) is 0 Å². The van der Waals surface area contributed by atoms with Crippen LogP contribution in [0.2, 0.25) is 5.02 Å². The molecular weight excluding hydrogens is 408 g/mol. The number of hydrogen-bond donors (Lipinski definition) is 4. The van der Waals surface area contributed by atoms with Crippen molar-refractivity contribution in [1.29, 1.82) is 0 Å². The minimum Gasteiger partial charge on any atom is -0.494 e. The van der Waals surface area contributed by atoms with E-state index in [0.29, 0.717) is 30.9 Å². The van der Waals surface area contributed by atoms with Gasteiger partial charge in [0.2, 0.25) is 11.7 Å². The number of ether oxygens (including phenoxy) is 2. The molecule has 5 atom stereocenters. The summed E-state index contributed by atoms with van der Waals surface area (Å²) >= 11 is 6.56. The van der Waals surface area contributed by atoms with Crippen LogP contribution in [0.3, 0.4) is 0 Å². The number of rotatable bonds is 5.